The van der Waals surface area contributed by atoms with Crippen molar-refractivity contribution in [3.8, 4) is 0 Å². The summed E-state index contributed by atoms with van der Waals surface area (Å²) in [5, 5.41) is 15.2. The van der Waals surface area contributed by atoms with E-state index in [1.54, 1.807) is 4.90 Å². The molecule has 2 rings (SSSR count). The number of amides is 2. The molecule has 1 aromatic rings. The summed E-state index contributed by atoms with van der Waals surface area (Å²) in [4.78, 5) is 15.0. The van der Waals surface area contributed by atoms with Crippen LogP contribution < -0.4 is 5.32 Å². The number of thiophene rings is 1. The van der Waals surface area contributed by atoms with E-state index < -0.39 is 6.10 Å². The zero-order valence-corrected chi connectivity index (χ0v) is 13.4. The number of rotatable bonds is 5. The standard InChI is InChI=1S/C15H24N2O3S/c1-11(2)9-16-15(19)17-5-6-20-10-12(17)8-13(18)14-4-3-7-21-14/h3-4,7,11-13,18H,5-6,8-10H2,1-2H3,(H,16,19). The number of nitrogens with one attached hydrogen (secondary N) is 1. The molecule has 6 heteroatoms. The summed E-state index contributed by atoms with van der Waals surface area (Å²) in [5.74, 6) is 0.421. The van der Waals surface area contributed by atoms with E-state index >= 15 is 0 Å². The third-order valence-corrected chi connectivity index (χ3v) is 4.49. The molecule has 21 heavy (non-hydrogen) atoms. The highest BCUT2D eigenvalue weighted by atomic mass is 32.1. The van der Waals surface area contributed by atoms with E-state index in [1.165, 1.54) is 11.3 Å². The number of ether oxygens (including phenoxy) is 1. The molecule has 1 fully saturated rings. The number of nitrogens with zero attached hydrogens (tertiary/aromatic N) is 1. The number of morpholine rings is 1. The number of hydrogen-bond donors (Lipinski definition) is 2. The van der Waals surface area contributed by atoms with Crippen LogP contribution in [-0.2, 0) is 4.74 Å². The van der Waals surface area contributed by atoms with E-state index in [-0.39, 0.29) is 12.1 Å². The van der Waals surface area contributed by atoms with E-state index in [0.29, 0.717) is 38.6 Å². The molecule has 2 amide bonds. The molecule has 2 unspecified atom stereocenters. The minimum atomic E-state index is -0.544. The Morgan fingerprint density at radius 1 is 1.62 bits per heavy atom. The summed E-state index contributed by atoms with van der Waals surface area (Å²) >= 11 is 1.53. The summed E-state index contributed by atoms with van der Waals surface area (Å²) < 4.78 is 5.48. The topological polar surface area (TPSA) is 61.8 Å². The summed E-state index contributed by atoms with van der Waals surface area (Å²) in [6, 6.07) is 3.70. The predicted octanol–water partition coefficient (Wildman–Crippen LogP) is 2.24. The van der Waals surface area contributed by atoms with Crippen LogP contribution in [0.1, 0.15) is 31.2 Å². The molecule has 1 aromatic heterocycles. The Morgan fingerprint density at radius 3 is 3.10 bits per heavy atom. The second-order valence-corrected chi connectivity index (χ2v) is 6.75. The minimum absolute atomic E-state index is 0.0598. The molecular weight excluding hydrogens is 288 g/mol. The van der Waals surface area contributed by atoms with Gasteiger partial charge in [-0.1, -0.05) is 19.9 Å². The van der Waals surface area contributed by atoms with Crippen LogP contribution in [0.4, 0.5) is 4.79 Å². The van der Waals surface area contributed by atoms with Crippen LogP contribution in [0.25, 0.3) is 0 Å². The lowest BCUT2D eigenvalue weighted by molar-refractivity contribution is -0.00656. The van der Waals surface area contributed by atoms with E-state index in [2.05, 4.69) is 19.2 Å². The summed E-state index contributed by atoms with van der Waals surface area (Å²) in [6.45, 7) is 6.41. The van der Waals surface area contributed by atoms with Crippen LogP contribution >= 0.6 is 11.3 Å². The highest BCUT2D eigenvalue weighted by Gasteiger charge is 2.29. The van der Waals surface area contributed by atoms with Gasteiger partial charge in [0, 0.05) is 24.4 Å². The fourth-order valence-electron chi connectivity index (χ4n) is 2.37. The van der Waals surface area contributed by atoms with Crippen molar-refractivity contribution in [2.75, 3.05) is 26.3 Å². The number of carbonyl (C=O) groups excluding carboxylic acids is 1. The maximum absolute atomic E-state index is 12.3. The molecular formula is C15H24N2O3S. The van der Waals surface area contributed by atoms with E-state index in [9.17, 15) is 9.90 Å². The van der Waals surface area contributed by atoms with Crippen LogP contribution in [0.15, 0.2) is 17.5 Å². The number of hydrogen-bond acceptors (Lipinski definition) is 4. The Balaban J connectivity index is 1.93. The summed E-state index contributed by atoms with van der Waals surface area (Å²) in [5.41, 5.74) is 0. The molecule has 0 radical (unpaired) electrons. The van der Waals surface area contributed by atoms with Gasteiger partial charge in [0.2, 0.25) is 0 Å². The quantitative estimate of drug-likeness (QED) is 0.876. The van der Waals surface area contributed by atoms with Crippen molar-refractivity contribution >= 4 is 17.4 Å². The van der Waals surface area contributed by atoms with Gasteiger partial charge < -0.3 is 20.1 Å². The van der Waals surface area contributed by atoms with Gasteiger partial charge in [-0.25, -0.2) is 4.79 Å². The van der Waals surface area contributed by atoms with Gasteiger partial charge in [-0.05, 0) is 17.4 Å². The third kappa shape index (κ3) is 4.69. The van der Waals surface area contributed by atoms with Crippen molar-refractivity contribution in [3.05, 3.63) is 22.4 Å². The van der Waals surface area contributed by atoms with Crippen LogP contribution in [0.5, 0.6) is 0 Å². The second-order valence-electron chi connectivity index (χ2n) is 5.77. The molecule has 0 aromatic carbocycles. The monoisotopic (exact) mass is 312 g/mol. The van der Waals surface area contributed by atoms with Crippen molar-refractivity contribution in [3.63, 3.8) is 0 Å². The smallest absolute Gasteiger partial charge is 0.317 e. The van der Waals surface area contributed by atoms with Gasteiger partial charge in [0.25, 0.3) is 0 Å². The SMILES string of the molecule is CC(C)CNC(=O)N1CCOCC1CC(O)c1cccs1. The number of aliphatic hydroxyl groups excluding tert-OH is 1. The van der Waals surface area contributed by atoms with Crippen molar-refractivity contribution in [1.29, 1.82) is 0 Å². The molecule has 118 valence electrons. The summed E-state index contributed by atoms with van der Waals surface area (Å²) in [7, 11) is 0. The highest BCUT2D eigenvalue weighted by molar-refractivity contribution is 7.10. The maximum Gasteiger partial charge on any atom is 0.317 e. The van der Waals surface area contributed by atoms with E-state index in [0.717, 1.165) is 4.88 Å². The van der Waals surface area contributed by atoms with Gasteiger partial charge in [-0.2, -0.15) is 0 Å². The lowest BCUT2D eigenvalue weighted by atomic mass is 10.1. The Bertz CT molecular complexity index is 436. The number of aliphatic hydroxyl groups is 1. The van der Waals surface area contributed by atoms with Crippen LogP contribution in [0, 0.1) is 5.92 Å². The van der Waals surface area contributed by atoms with Gasteiger partial charge in [-0.3, -0.25) is 0 Å². The van der Waals surface area contributed by atoms with Crippen LogP contribution in [0.2, 0.25) is 0 Å². The molecule has 1 saturated heterocycles. The van der Waals surface area contributed by atoms with Crippen molar-refractivity contribution in [1.82, 2.24) is 10.2 Å². The first-order chi connectivity index (χ1) is 10.1. The molecule has 5 nitrogen and oxygen atoms in total. The van der Waals surface area contributed by atoms with Gasteiger partial charge in [0.15, 0.2) is 0 Å². The zero-order valence-electron chi connectivity index (χ0n) is 12.6. The number of urea groups is 1. The van der Waals surface area contributed by atoms with Gasteiger partial charge in [0.05, 0.1) is 25.4 Å². The normalized spacial score (nSPS) is 20.6. The first kappa shape index (κ1) is 16.3. The highest BCUT2D eigenvalue weighted by Crippen LogP contribution is 2.25. The van der Waals surface area contributed by atoms with E-state index in [1.807, 2.05) is 17.5 Å². The fraction of sp³-hybridized carbons (Fsp3) is 0.667. The molecule has 1 aliphatic rings. The average molecular weight is 312 g/mol. The largest absolute Gasteiger partial charge is 0.387 e. The molecule has 0 aliphatic carbocycles. The maximum atomic E-state index is 12.3. The lowest BCUT2D eigenvalue weighted by Crippen LogP contribution is -2.53. The van der Waals surface area contributed by atoms with Gasteiger partial charge in [-0.15, -0.1) is 11.3 Å². The zero-order chi connectivity index (χ0) is 15.2. The molecule has 1 aliphatic heterocycles. The first-order valence-electron chi connectivity index (χ1n) is 7.41. The molecule has 2 N–H and O–H groups in total. The average Bonchev–Trinajstić information content (AvgIpc) is 2.99. The third-order valence-electron chi connectivity index (χ3n) is 3.52. The molecule has 0 spiro atoms. The number of carbonyl (C=O) groups is 1. The van der Waals surface area contributed by atoms with Crippen molar-refractivity contribution in [2.24, 2.45) is 5.92 Å². The molecule has 0 bridgehead atoms. The van der Waals surface area contributed by atoms with Crippen molar-refractivity contribution < 1.29 is 14.6 Å². The molecule has 0 saturated carbocycles. The Hall–Kier alpha value is -1.11. The Morgan fingerprint density at radius 2 is 2.43 bits per heavy atom. The minimum Gasteiger partial charge on any atom is -0.387 e. The van der Waals surface area contributed by atoms with E-state index in [4.69, 9.17) is 4.74 Å². The van der Waals surface area contributed by atoms with Crippen LogP contribution in [0.3, 0.4) is 0 Å². The van der Waals surface area contributed by atoms with Gasteiger partial charge in [0.1, 0.15) is 0 Å². The van der Waals surface area contributed by atoms with Crippen LogP contribution in [-0.4, -0.2) is 48.4 Å². The predicted molar refractivity (Wildman–Crippen MR) is 83.4 cm³/mol. The first-order valence-corrected chi connectivity index (χ1v) is 8.29. The lowest BCUT2D eigenvalue weighted by Gasteiger charge is -2.36. The summed E-state index contributed by atoms with van der Waals surface area (Å²) in [6.07, 6.45) is -0.0348. The Labute approximate surface area is 129 Å². The van der Waals surface area contributed by atoms with Crippen molar-refractivity contribution in [2.45, 2.75) is 32.4 Å². The van der Waals surface area contributed by atoms with Gasteiger partial charge >= 0.3 is 6.03 Å². The molecule has 2 heterocycles. The fourth-order valence-corrected chi connectivity index (χ4v) is 3.09. The molecule has 2 atom stereocenters. The Kier molecular flexibility index (Phi) is 6.02. The second kappa shape index (κ2) is 7.77.